The lowest BCUT2D eigenvalue weighted by Gasteiger charge is -2.05. The molecule has 0 radical (unpaired) electrons. The van der Waals surface area contributed by atoms with E-state index in [9.17, 15) is 8.42 Å². The highest BCUT2D eigenvalue weighted by Gasteiger charge is 2.10. The third-order valence-corrected chi connectivity index (χ3v) is 3.56. The first-order chi connectivity index (χ1) is 8.14. The molecule has 1 aromatic heterocycles. The summed E-state index contributed by atoms with van der Waals surface area (Å²) < 4.78 is 30.4. The first-order valence-electron chi connectivity index (χ1n) is 5.71. The van der Waals surface area contributed by atoms with Crippen LogP contribution in [0.1, 0.15) is 25.5 Å². The maximum Gasteiger partial charge on any atom is 0.212 e. The molecule has 0 spiro atoms. The van der Waals surface area contributed by atoms with E-state index >= 15 is 0 Å². The molecule has 0 atom stereocenters. The summed E-state index contributed by atoms with van der Waals surface area (Å²) in [5.41, 5.74) is 0. The topological polar surface area (TPSA) is 84.2 Å². The van der Waals surface area contributed by atoms with Crippen molar-refractivity contribution < 1.29 is 12.9 Å². The van der Waals surface area contributed by atoms with E-state index in [4.69, 9.17) is 4.52 Å². The lowest BCUT2D eigenvalue weighted by molar-refractivity contribution is 0.380. The second kappa shape index (κ2) is 7.41. The highest BCUT2D eigenvalue weighted by molar-refractivity contribution is 7.89. The second-order valence-electron chi connectivity index (χ2n) is 3.72. The summed E-state index contributed by atoms with van der Waals surface area (Å²) in [6.07, 6.45) is 3.14. The maximum absolute atomic E-state index is 11.6. The Bertz CT molecular complexity index is 389. The predicted octanol–water partition coefficient (Wildman–Crippen LogP) is 0.484. The Morgan fingerprint density at radius 3 is 2.88 bits per heavy atom. The Kier molecular flexibility index (Phi) is 6.17. The van der Waals surface area contributed by atoms with Gasteiger partial charge in [0.15, 0.2) is 5.76 Å². The average Bonchev–Trinajstić information content (AvgIpc) is 2.79. The van der Waals surface area contributed by atoms with Crippen LogP contribution in [-0.4, -0.2) is 32.4 Å². The van der Waals surface area contributed by atoms with Gasteiger partial charge in [0.2, 0.25) is 10.0 Å². The van der Waals surface area contributed by atoms with Crippen molar-refractivity contribution in [2.24, 2.45) is 0 Å². The normalized spacial score (nSPS) is 11.8. The van der Waals surface area contributed by atoms with Crippen LogP contribution in [0, 0.1) is 0 Å². The summed E-state index contributed by atoms with van der Waals surface area (Å²) in [5.74, 6) is 0.635. The zero-order chi connectivity index (χ0) is 12.6. The summed E-state index contributed by atoms with van der Waals surface area (Å²) in [5, 5.41) is 6.66. The van der Waals surface area contributed by atoms with E-state index in [-0.39, 0.29) is 12.3 Å². The van der Waals surface area contributed by atoms with Crippen molar-refractivity contribution in [2.75, 3.05) is 18.8 Å². The zero-order valence-corrected chi connectivity index (χ0v) is 10.8. The van der Waals surface area contributed by atoms with Gasteiger partial charge in [-0.05, 0) is 25.9 Å². The molecule has 0 unspecified atom stereocenters. The first kappa shape index (κ1) is 14.1. The molecule has 0 aliphatic heterocycles. The van der Waals surface area contributed by atoms with Gasteiger partial charge in [-0.1, -0.05) is 12.1 Å². The summed E-state index contributed by atoms with van der Waals surface area (Å²) in [4.78, 5) is 0. The summed E-state index contributed by atoms with van der Waals surface area (Å²) >= 11 is 0. The molecule has 6 nitrogen and oxygen atoms in total. The van der Waals surface area contributed by atoms with Gasteiger partial charge >= 0.3 is 0 Å². The van der Waals surface area contributed by atoms with Crippen molar-refractivity contribution in [2.45, 2.75) is 26.3 Å². The lowest BCUT2D eigenvalue weighted by Crippen LogP contribution is -2.28. The van der Waals surface area contributed by atoms with Gasteiger partial charge < -0.3 is 9.84 Å². The van der Waals surface area contributed by atoms with Gasteiger partial charge in [0.1, 0.15) is 0 Å². The number of nitrogens with one attached hydrogen (secondary N) is 2. The van der Waals surface area contributed by atoms with Crippen LogP contribution in [0.4, 0.5) is 0 Å². The molecule has 0 saturated heterocycles. The highest BCUT2D eigenvalue weighted by atomic mass is 32.2. The minimum Gasteiger partial charge on any atom is -0.360 e. The Labute approximate surface area is 102 Å². The Morgan fingerprint density at radius 1 is 1.41 bits per heavy atom. The smallest absolute Gasteiger partial charge is 0.212 e. The van der Waals surface area contributed by atoms with Crippen molar-refractivity contribution in [3.63, 3.8) is 0 Å². The van der Waals surface area contributed by atoms with Crippen LogP contribution >= 0.6 is 0 Å². The molecule has 0 fully saturated rings. The molecule has 1 aromatic rings. The van der Waals surface area contributed by atoms with Crippen LogP contribution in [-0.2, 0) is 16.6 Å². The monoisotopic (exact) mass is 261 g/mol. The third-order valence-electron chi connectivity index (χ3n) is 2.15. The van der Waals surface area contributed by atoms with Crippen molar-refractivity contribution in [3.05, 3.63) is 18.0 Å². The summed E-state index contributed by atoms with van der Waals surface area (Å²) in [6, 6.07) is 1.63. The molecular formula is C10H19N3O3S. The molecule has 1 heterocycles. The average molecular weight is 261 g/mol. The molecule has 0 aliphatic carbocycles. The fourth-order valence-corrected chi connectivity index (χ4v) is 2.31. The quantitative estimate of drug-likeness (QED) is 0.632. The predicted molar refractivity (Wildman–Crippen MR) is 64.9 cm³/mol. The molecule has 1 rings (SSSR count). The number of hydrogen-bond acceptors (Lipinski definition) is 5. The van der Waals surface area contributed by atoms with Crippen molar-refractivity contribution >= 4 is 10.0 Å². The van der Waals surface area contributed by atoms with Crippen LogP contribution in [0.5, 0.6) is 0 Å². The summed E-state index contributed by atoms with van der Waals surface area (Å²) in [6.45, 7) is 3.87. The molecular weight excluding hydrogens is 242 g/mol. The van der Waals surface area contributed by atoms with E-state index in [1.807, 2.05) is 0 Å². The van der Waals surface area contributed by atoms with Gasteiger partial charge in [-0.15, -0.1) is 0 Å². The first-order valence-corrected chi connectivity index (χ1v) is 7.37. The third kappa shape index (κ3) is 6.40. The van der Waals surface area contributed by atoms with Gasteiger partial charge in [-0.3, -0.25) is 0 Å². The SMILES string of the molecule is CCCNCCCS(=O)(=O)NCc1ccno1. The van der Waals surface area contributed by atoms with E-state index in [1.54, 1.807) is 6.07 Å². The Balaban J connectivity index is 2.17. The van der Waals surface area contributed by atoms with Gasteiger partial charge in [-0.2, -0.15) is 0 Å². The molecule has 0 aromatic carbocycles. The van der Waals surface area contributed by atoms with Gasteiger partial charge in [0.25, 0.3) is 0 Å². The van der Waals surface area contributed by atoms with E-state index in [1.165, 1.54) is 6.20 Å². The summed E-state index contributed by atoms with van der Waals surface area (Å²) in [7, 11) is -3.22. The van der Waals surface area contributed by atoms with Crippen molar-refractivity contribution in [1.82, 2.24) is 15.2 Å². The number of aromatic nitrogens is 1. The molecule has 17 heavy (non-hydrogen) atoms. The Hall–Kier alpha value is -0.920. The molecule has 0 bridgehead atoms. The van der Waals surface area contributed by atoms with Crippen LogP contribution in [0.25, 0.3) is 0 Å². The van der Waals surface area contributed by atoms with Crippen LogP contribution in [0.15, 0.2) is 16.8 Å². The molecule has 7 heteroatoms. The molecule has 98 valence electrons. The molecule has 0 aliphatic rings. The van der Waals surface area contributed by atoms with Crippen LogP contribution < -0.4 is 10.0 Å². The number of rotatable bonds is 9. The highest BCUT2D eigenvalue weighted by Crippen LogP contribution is 1.97. The van der Waals surface area contributed by atoms with E-state index in [2.05, 4.69) is 22.1 Å². The zero-order valence-electron chi connectivity index (χ0n) is 9.98. The lowest BCUT2D eigenvalue weighted by atomic mass is 10.4. The van der Waals surface area contributed by atoms with Gasteiger partial charge in [0.05, 0.1) is 18.5 Å². The molecule has 2 N–H and O–H groups in total. The van der Waals surface area contributed by atoms with E-state index in [0.717, 1.165) is 19.5 Å². The van der Waals surface area contributed by atoms with Crippen LogP contribution in [0.2, 0.25) is 0 Å². The van der Waals surface area contributed by atoms with E-state index < -0.39 is 10.0 Å². The number of nitrogens with zero attached hydrogens (tertiary/aromatic N) is 1. The fraction of sp³-hybridized carbons (Fsp3) is 0.700. The Morgan fingerprint density at radius 2 is 2.24 bits per heavy atom. The van der Waals surface area contributed by atoms with Gasteiger partial charge in [0, 0.05) is 6.07 Å². The van der Waals surface area contributed by atoms with Crippen molar-refractivity contribution in [1.29, 1.82) is 0 Å². The minimum absolute atomic E-state index is 0.123. The molecule has 0 saturated carbocycles. The second-order valence-corrected chi connectivity index (χ2v) is 5.65. The standard InChI is InChI=1S/C10H19N3O3S/c1-2-5-11-6-3-8-17(14,15)13-9-10-4-7-12-16-10/h4,7,11,13H,2-3,5-6,8-9H2,1H3. The van der Waals surface area contributed by atoms with Crippen LogP contribution in [0.3, 0.4) is 0 Å². The maximum atomic E-state index is 11.6. The van der Waals surface area contributed by atoms with E-state index in [0.29, 0.717) is 12.2 Å². The number of sulfonamides is 1. The minimum atomic E-state index is -3.22. The largest absolute Gasteiger partial charge is 0.360 e. The van der Waals surface area contributed by atoms with Crippen molar-refractivity contribution in [3.8, 4) is 0 Å². The van der Waals surface area contributed by atoms with Gasteiger partial charge in [-0.25, -0.2) is 13.1 Å². The number of hydrogen-bond donors (Lipinski definition) is 2. The fourth-order valence-electron chi connectivity index (χ4n) is 1.28. The molecule has 0 amide bonds.